The van der Waals surface area contributed by atoms with Gasteiger partial charge >= 0.3 is 12.1 Å². The maximum atomic E-state index is 12.2. The minimum Gasteiger partial charge on any atom is -0.467 e. The van der Waals surface area contributed by atoms with Gasteiger partial charge in [0.05, 0.1) is 13.2 Å². The van der Waals surface area contributed by atoms with Crippen LogP contribution in [0.1, 0.15) is 30.4 Å². The number of esters is 1. The third-order valence-corrected chi connectivity index (χ3v) is 4.91. The van der Waals surface area contributed by atoms with Gasteiger partial charge in [0.15, 0.2) is 6.10 Å². The van der Waals surface area contributed by atoms with E-state index >= 15 is 0 Å². The fraction of sp³-hybridized carbons (Fsp3) is 0.333. The lowest BCUT2D eigenvalue weighted by molar-refractivity contribution is -0.151. The standard InChI is InChI=1S/C21H23NO5/c1-3-18(19(23)20(24)26-2)22-21(25)27-12-17-15-10-6-4-8-13(15)14-9-5-7-11-16(14)17/h4-11,17-19,23H,3,12H2,1-2H3,(H,22,25). The summed E-state index contributed by atoms with van der Waals surface area (Å²) in [5.74, 6) is -0.838. The van der Waals surface area contributed by atoms with E-state index in [-0.39, 0.29) is 12.5 Å². The van der Waals surface area contributed by atoms with Crippen LogP contribution in [-0.2, 0) is 14.3 Å². The fourth-order valence-electron chi connectivity index (χ4n) is 3.48. The van der Waals surface area contributed by atoms with Gasteiger partial charge in [-0.3, -0.25) is 0 Å². The number of ether oxygens (including phenoxy) is 2. The van der Waals surface area contributed by atoms with E-state index in [9.17, 15) is 14.7 Å². The molecule has 2 atom stereocenters. The van der Waals surface area contributed by atoms with Gasteiger partial charge in [0.2, 0.25) is 0 Å². The van der Waals surface area contributed by atoms with Crippen LogP contribution in [-0.4, -0.2) is 43.0 Å². The molecule has 1 aliphatic carbocycles. The highest BCUT2D eigenvalue weighted by atomic mass is 16.6. The van der Waals surface area contributed by atoms with Gasteiger partial charge in [-0.15, -0.1) is 0 Å². The number of benzene rings is 2. The molecule has 6 nitrogen and oxygen atoms in total. The van der Waals surface area contributed by atoms with Crippen LogP contribution in [0.4, 0.5) is 4.79 Å². The molecule has 6 heteroatoms. The van der Waals surface area contributed by atoms with Crippen molar-refractivity contribution in [1.82, 2.24) is 5.32 Å². The van der Waals surface area contributed by atoms with Gasteiger partial charge in [-0.25, -0.2) is 9.59 Å². The molecule has 27 heavy (non-hydrogen) atoms. The van der Waals surface area contributed by atoms with Crippen LogP contribution in [0, 0.1) is 0 Å². The van der Waals surface area contributed by atoms with E-state index in [1.165, 1.54) is 7.11 Å². The van der Waals surface area contributed by atoms with E-state index < -0.39 is 24.2 Å². The number of aliphatic hydroxyl groups is 1. The van der Waals surface area contributed by atoms with Gasteiger partial charge < -0.3 is 19.9 Å². The maximum Gasteiger partial charge on any atom is 0.407 e. The summed E-state index contributed by atoms with van der Waals surface area (Å²) in [6.07, 6.45) is -1.74. The van der Waals surface area contributed by atoms with Crippen LogP contribution in [0.15, 0.2) is 48.5 Å². The third-order valence-electron chi connectivity index (χ3n) is 4.91. The van der Waals surface area contributed by atoms with Gasteiger partial charge in [-0.05, 0) is 28.7 Å². The molecule has 0 saturated carbocycles. The second-order valence-corrected chi connectivity index (χ2v) is 6.45. The summed E-state index contributed by atoms with van der Waals surface area (Å²) < 4.78 is 9.94. The summed E-state index contributed by atoms with van der Waals surface area (Å²) in [6.45, 7) is 1.92. The SMILES string of the molecule is CCC(NC(=O)OCC1c2ccccc2-c2ccccc21)C(O)C(=O)OC. The number of alkyl carbamates (subject to hydrolysis) is 1. The summed E-state index contributed by atoms with van der Waals surface area (Å²) in [6, 6.07) is 15.4. The number of hydrogen-bond donors (Lipinski definition) is 2. The van der Waals surface area contributed by atoms with Gasteiger partial charge in [-0.1, -0.05) is 55.5 Å². The summed E-state index contributed by atoms with van der Waals surface area (Å²) >= 11 is 0. The molecule has 2 N–H and O–H groups in total. The minimum atomic E-state index is -1.43. The maximum absolute atomic E-state index is 12.2. The number of nitrogens with one attached hydrogen (secondary N) is 1. The average molecular weight is 369 g/mol. The van der Waals surface area contributed by atoms with Crippen molar-refractivity contribution >= 4 is 12.1 Å². The first-order valence-electron chi connectivity index (χ1n) is 8.94. The fourth-order valence-corrected chi connectivity index (χ4v) is 3.48. The Bertz CT molecular complexity index is 789. The highest BCUT2D eigenvalue weighted by Gasteiger charge is 2.30. The number of methoxy groups -OCH3 is 1. The predicted molar refractivity (Wildman–Crippen MR) is 100 cm³/mol. The van der Waals surface area contributed by atoms with Gasteiger partial charge in [-0.2, -0.15) is 0 Å². The molecule has 0 radical (unpaired) electrons. The van der Waals surface area contributed by atoms with Crippen molar-refractivity contribution in [3.8, 4) is 11.1 Å². The zero-order chi connectivity index (χ0) is 19.4. The molecule has 1 amide bonds. The van der Waals surface area contributed by atoms with Crippen LogP contribution < -0.4 is 5.32 Å². The van der Waals surface area contributed by atoms with E-state index in [0.29, 0.717) is 6.42 Å². The molecule has 0 fully saturated rings. The van der Waals surface area contributed by atoms with E-state index in [0.717, 1.165) is 22.3 Å². The summed E-state index contributed by atoms with van der Waals surface area (Å²) in [4.78, 5) is 23.7. The third kappa shape index (κ3) is 3.80. The van der Waals surface area contributed by atoms with Crippen molar-refractivity contribution in [3.05, 3.63) is 59.7 Å². The minimum absolute atomic E-state index is 0.0474. The quantitative estimate of drug-likeness (QED) is 0.765. The van der Waals surface area contributed by atoms with E-state index in [1.54, 1.807) is 6.92 Å². The van der Waals surface area contributed by atoms with Gasteiger partial charge in [0.1, 0.15) is 6.61 Å². The van der Waals surface area contributed by atoms with Crippen LogP contribution in [0.5, 0.6) is 0 Å². The molecule has 3 rings (SSSR count). The molecular formula is C21H23NO5. The van der Waals surface area contributed by atoms with Gasteiger partial charge in [0, 0.05) is 5.92 Å². The van der Waals surface area contributed by atoms with Crippen molar-refractivity contribution in [1.29, 1.82) is 0 Å². The monoisotopic (exact) mass is 369 g/mol. The number of fused-ring (bicyclic) bond motifs is 3. The van der Waals surface area contributed by atoms with Crippen LogP contribution >= 0.6 is 0 Å². The molecule has 0 aliphatic heterocycles. The molecule has 0 spiro atoms. The molecule has 0 saturated heterocycles. The number of aliphatic hydroxyl groups excluding tert-OH is 1. The van der Waals surface area contributed by atoms with Crippen molar-refractivity contribution in [2.24, 2.45) is 0 Å². The average Bonchev–Trinajstić information content (AvgIpc) is 3.03. The number of hydrogen-bond acceptors (Lipinski definition) is 5. The largest absolute Gasteiger partial charge is 0.467 e. The van der Waals surface area contributed by atoms with E-state index in [4.69, 9.17) is 4.74 Å². The predicted octanol–water partition coefficient (Wildman–Crippen LogP) is 2.84. The molecule has 2 unspecified atom stereocenters. The second kappa shape index (κ2) is 8.22. The summed E-state index contributed by atoms with van der Waals surface area (Å²) in [5.41, 5.74) is 4.53. The molecular weight excluding hydrogens is 346 g/mol. The van der Waals surface area contributed by atoms with Crippen LogP contribution in [0.3, 0.4) is 0 Å². The van der Waals surface area contributed by atoms with Crippen molar-refractivity contribution in [2.45, 2.75) is 31.4 Å². The Balaban J connectivity index is 1.68. The zero-order valence-electron chi connectivity index (χ0n) is 15.3. The van der Waals surface area contributed by atoms with Crippen molar-refractivity contribution in [2.75, 3.05) is 13.7 Å². The second-order valence-electron chi connectivity index (χ2n) is 6.45. The Morgan fingerprint density at radius 3 is 2.15 bits per heavy atom. The Morgan fingerprint density at radius 1 is 1.07 bits per heavy atom. The van der Waals surface area contributed by atoms with Crippen molar-refractivity contribution < 1.29 is 24.2 Å². The van der Waals surface area contributed by atoms with Crippen LogP contribution in [0.2, 0.25) is 0 Å². The first-order valence-corrected chi connectivity index (χ1v) is 8.94. The number of amides is 1. The summed E-state index contributed by atoms with van der Waals surface area (Å²) in [7, 11) is 1.19. The highest BCUT2D eigenvalue weighted by molar-refractivity contribution is 5.79. The molecule has 0 bridgehead atoms. The smallest absolute Gasteiger partial charge is 0.407 e. The Morgan fingerprint density at radius 2 is 1.63 bits per heavy atom. The topological polar surface area (TPSA) is 84.9 Å². The molecule has 0 aromatic heterocycles. The van der Waals surface area contributed by atoms with Crippen molar-refractivity contribution in [3.63, 3.8) is 0 Å². The number of rotatable bonds is 6. The van der Waals surface area contributed by atoms with E-state index in [2.05, 4.69) is 22.2 Å². The normalized spacial score (nSPS) is 14.6. The van der Waals surface area contributed by atoms with Gasteiger partial charge in [0.25, 0.3) is 0 Å². The van der Waals surface area contributed by atoms with E-state index in [1.807, 2.05) is 36.4 Å². The highest BCUT2D eigenvalue weighted by Crippen LogP contribution is 2.44. The first-order chi connectivity index (χ1) is 13.1. The lowest BCUT2D eigenvalue weighted by Gasteiger charge is -2.21. The molecule has 0 heterocycles. The number of carbonyl (C=O) groups is 2. The Labute approximate surface area is 158 Å². The molecule has 2 aromatic rings. The Hall–Kier alpha value is -2.86. The molecule has 2 aromatic carbocycles. The Kier molecular flexibility index (Phi) is 5.76. The lowest BCUT2D eigenvalue weighted by atomic mass is 9.98. The van der Waals surface area contributed by atoms with Crippen LogP contribution in [0.25, 0.3) is 11.1 Å². The lowest BCUT2D eigenvalue weighted by Crippen LogP contribution is -2.47. The number of carbonyl (C=O) groups excluding carboxylic acids is 2. The first kappa shape index (κ1) is 18.9. The molecule has 142 valence electrons. The summed E-state index contributed by atoms with van der Waals surface area (Å²) in [5, 5.41) is 12.5. The zero-order valence-corrected chi connectivity index (χ0v) is 15.3. The molecule has 1 aliphatic rings.